The molecule has 0 aliphatic carbocycles. The summed E-state index contributed by atoms with van der Waals surface area (Å²) in [5.41, 5.74) is 2.53. The largest absolute Gasteiger partial charge is 0.373 e. The van der Waals surface area contributed by atoms with Gasteiger partial charge in [0.1, 0.15) is 0 Å². The van der Waals surface area contributed by atoms with Crippen LogP contribution < -0.4 is 5.32 Å². The molecule has 2 atom stereocenters. The van der Waals surface area contributed by atoms with Gasteiger partial charge in [0.15, 0.2) is 0 Å². The van der Waals surface area contributed by atoms with E-state index in [0.717, 1.165) is 32.5 Å². The molecule has 0 saturated carbocycles. The highest BCUT2D eigenvalue weighted by molar-refractivity contribution is 5.18. The first-order valence-corrected chi connectivity index (χ1v) is 7.77. The van der Waals surface area contributed by atoms with E-state index < -0.39 is 0 Å². The second-order valence-corrected chi connectivity index (χ2v) is 5.51. The summed E-state index contributed by atoms with van der Waals surface area (Å²) >= 11 is 0. The summed E-state index contributed by atoms with van der Waals surface area (Å²) in [5, 5.41) is 7.97. The van der Waals surface area contributed by atoms with E-state index in [0.29, 0.717) is 6.04 Å². The normalized spacial score (nSPS) is 22.3. The number of aryl methyl sites for hydroxylation is 1. The molecular formula is C17H23N3O. The number of rotatable bonds is 5. The molecule has 3 rings (SSSR count). The fourth-order valence-corrected chi connectivity index (χ4v) is 2.93. The highest BCUT2D eigenvalue weighted by Gasteiger charge is 2.23. The lowest BCUT2D eigenvalue weighted by molar-refractivity contribution is -0.000144. The summed E-state index contributed by atoms with van der Waals surface area (Å²) in [4.78, 5) is 0. The Bertz CT molecular complexity index is 552. The fraction of sp³-hybridized carbons (Fsp3) is 0.471. The van der Waals surface area contributed by atoms with Crippen LogP contribution in [0.2, 0.25) is 0 Å². The Morgan fingerprint density at radius 1 is 1.29 bits per heavy atom. The molecule has 1 aromatic heterocycles. The molecule has 1 fully saturated rings. The van der Waals surface area contributed by atoms with E-state index in [9.17, 15) is 0 Å². The maximum Gasteiger partial charge on any atom is 0.0839 e. The fourth-order valence-electron chi connectivity index (χ4n) is 2.93. The number of nitrogens with one attached hydrogen (secondary N) is 1. The van der Waals surface area contributed by atoms with Gasteiger partial charge in [0, 0.05) is 31.9 Å². The number of hydrogen-bond acceptors (Lipinski definition) is 3. The number of ether oxygens (including phenoxy) is 1. The van der Waals surface area contributed by atoms with E-state index in [4.69, 9.17) is 4.74 Å². The molecule has 4 nitrogen and oxygen atoms in total. The summed E-state index contributed by atoms with van der Waals surface area (Å²) in [6.45, 7) is 4.74. The van der Waals surface area contributed by atoms with Crippen molar-refractivity contribution in [3.05, 3.63) is 53.9 Å². The Morgan fingerprint density at radius 3 is 2.95 bits per heavy atom. The lowest BCUT2D eigenvalue weighted by Gasteiger charge is -2.30. The minimum Gasteiger partial charge on any atom is -0.373 e. The van der Waals surface area contributed by atoms with Crippen LogP contribution in [0.4, 0.5) is 0 Å². The van der Waals surface area contributed by atoms with Crippen LogP contribution in [0.3, 0.4) is 0 Å². The smallest absolute Gasteiger partial charge is 0.0839 e. The maximum absolute atomic E-state index is 5.92. The van der Waals surface area contributed by atoms with Crippen LogP contribution in [0.1, 0.15) is 37.1 Å². The van der Waals surface area contributed by atoms with E-state index in [1.165, 1.54) is 11.3 Å². The molecule has 0 radical (unpaired) electrons. The van der Waals surface area contributed by atoms with Crippen molar-refractivity contribution in [3.8, 4) is 0 Å². The number of hydrogen-bond donors (Lipinski definition) is 1. The van der Waals surface area contributed by atoms with Crippen molar-refractivity contribution < 1.29 is 4.74 Å². The molecule has 2 unspecified atom stereocenters. The summed E-state index contributed by atoms with van der Waals surface area (Å²) in [5.74, 6) is 0. The van der Waals surface area contributed by atoms with E-state index in [1.54, 1.807) is 0 Å². The van der Waals surface area contributed by atoms with Crippen LogP contribution in [0.25, 0.3) is 0 Å². The van der Waals surface area contributed by atoms with E-state index in [1.807, 2.05) is 16.9 Å². The molecule has 0 amide bonds. The molecule has 1 aliphatic heterocycles. The Labute approximate surface area is 126 Å². The molecule has 1 aromatic carbocycles. The summed E-state index contributed by atoms with van der Waals surface area (Å²) in [6.07, 6.45) is 4.19. The van der Waals surface area contributed by atoms with Crippen LogP contribution in [0, 0.1) is 0 Å². The minimum atomic E-state index is 0.216. The minimum absolute atomic E-state index is 0.216. The summed E-state index contributed by atoms with van der Waals surface area (Å²) < 4.78 is 7.96. The van der Waals surface area contributed by atoms with Crippen molar-refractivity contribution >= 4 is 0 Å². The molecule has 0 spiro atoms. The van der Waals surface area contributed by atoms with E-state index >= 15 is 0 Å². The van der Waals surface area contributed by atoms with Crippen molar-refractivity contribution in [3.63, 3.8) is 0 Å². The van der Waals surface area contributed by atoms with Gasteiger partial charge in [-0.05, 0) is 31.4 Å². The van der Waals surface area contributed by atoms with Crippen LogP contribution in [-0.4, -0.2) is 22.4 Å². The lowest BCUT2D eigenvalue weighted by atomic mass is 9.97. The van der Waals surface area contributed by atoms with Gasteiger partial charge in [-0.15, -0.1) is 0 Å². The maximum atomic E-state index is 5.92. The van der Waals surface area contributed by atoms with Crippen LogP contribution in [0.5, 0.6) is 0 Å². The second kappa shape index (κ2) is 6.87. The molecule has 2 heterocycles. The summed E-state index contributed by atoms with van der Waals surface area (Å²) in [7, 11) is 0. The number of benzene rings is 1. The Hall–Kier alpha value is -1.65. The number of aromatic nitrogens is 2. The molecular weight excluding hydrogens is 262 g/mol. The van der Waals surface area contributed by atoms with Gasteiger partial charge >= 0.3 is 0 Å². The van der Waals surface area contributed by atoms with Gasteiger partial charge in [-0.25, -0.2) is 0 Å². The second-order valence-electron chi connectivity index (χ2n) is 5.51. The van der Waals surface area contributed by atoms with Gasteiger partial charge in [-0.3, -0.25) is 4.68 Å². The van der Waals surface area contributed by atoms with Crippen molar-refractivity contribution in [2.45, 2.75) is 45.0 Å². The zero-order chi connectivity index (χ0) is 14.5. The van der Waals surface area contributed by atoms with Gasteiger partial charge in [0.05, 0.1) is 11.8 Å². The average Bonchev–Trinajstić information content (AvgIpc) is 3.01. The third-order valence-electron chi connectivity index (χ3n) is 4.13. The zero-order valence-electron chi connectivity index (χ0n) is 12.5. The molecule has 1 aliphatic rings. The molecule has 1 N–H and O–H groups in total. The molecule has 0 bridgehead atoms. The molecule has 112 valence electrons. The van der Waals surface area contributed by atoms with Crippen molar-refractivity contribution in [1.29, 1.82) is 0 Å². The quantitative estimate of drug-likeness (QED) is 0.918. The highest BCUT2D eigenvalue weighted by atomic mass is 16.5. The Kier molecular flexibility index (Phi) is 4.68. The zero-order valence-corrected chi connectivity index (χ0v) is 12.5. The SMILES string of the molecule is CCn1nccc1CNC1CCOC(c2ccccc2)C1. The summed E-state index contributed by atoms with van der Waals surface area (Å²) in [6, 6.07) is 13.1. The lowest BCUT2D eigenvalue weighted by Crippen LogP contribution is -2.36. The topological polar surface area (TPSA) is 39.1 Å². The standard InChI is InChI=1S/C17H23N3O/c1-2-20-16(8-10-19-20)13-18-15-9-11-21-17(12-15)14-6-4-3-5-7-14/h3-8,10,15,17-18H,2,9,11-13H2,1H3. The monoisotopic (exact) mass is 285 g/mol. The van der Waals surface area contributed by atoms with Crippen LogP contribution in [0.15, 0.2) is 42.6 Å². The van der Waals surface area contributed by atoms with E-state index in [-0.39, 0.29) is 6.10 Å². The third kappa shape index (κ3) is 3.52. The van der Waals surface area contributed by atoms with Crippen molar-refractivity contribution in [2.75, 3.05) is 6.61 Å². The van der Waals surface area contributed by atoms with Gasteiger partial charge in [0.25, 0.3) is 0 Å². The van der Waals surface area contributed by atoms with E-state index in [2.05, 4.69) is 47.7 Å². The first-order valence-electron chi connectivity index (χ1n) is 7.77. The first kappa shape index (κ1) is 14.3. The Balaban J connectivity index is 1.57. The van der Waals surface area contributed by atoms with Crippen molar-refractivity contribution in [2.24, 2.45) is 0 Å². The van der Waals surface area contributed by atoms with Gasteiger partial charge in [0.2, 0.25) is 0 Å². The number of nitrogens with zero attached hydrogens (tertiary/aromatic N) is 2. The average molecular weight is 285 g/mol. The molecule has 1 saturated heterocycles. The third-order valence-corrected chi connectivity index (χ3v) is 4.13. The Morgan fingerprint density at radius 2 is 2.14 bits per heavy atom. The predicted molar refractivity (Wildman–Crippen MR) is 82.9 cm³/mol. The van der Waals surface area contributed by atoms with Crippen LogP contribution in [-0.2, 0) is 17.8 Å². The highest BCUT2D eigenvalue weighted by Crippen LogP contribution is 2.28. The van der Waals surface area contributed by atoms with Gasteiger partial charge in [-0.1, -0.05) is 30.3 Å². The molecule has 4 heteroatoms. The van der Waals surface area contributed by atoms with Gasteiger partial charge in [-0.2, -0.15) is 5.10 Å². The molecule has 21 heavy (non-hydrogen) atoms. The predicted octanol–water partition coefficient (Wildman–Crippen LogP) is 2.91. The molecule has 2 aromatic rings. The first-order chi connectivity index (χ1) is 10.4. The van der Waals surface area contributed by atoms with Gasteiger partial charge < -0.3 is 10.1 Å². The van der Waals surface area contributed by atoms with Crippen LogP contribution >= 0.6 is 0 Å². The van der Waals surface area contributed by atoms with Crippen molar-refractivity contribution in [1.82, 2.24) is 15.1 Å².